The molecule has 0 spiro atoms. The third-order valence-corrected chi connectivity index (χ3v) is 5.11. The monoisotopic (exact) mass is 414 g/mol. The van der Waals surface area contributed by atoms with Crippen LogP contribution < -0.4 is 0 Å². The van der Waals surface area contributed by atoms with Gasteiger partial charge in [0.15, 0.2) is 0 Å². The molecule has 0 fully saturated rings. The van der Waals surface area contributed by atoms with Gasteiger partial charge in [-0.1, -0.05) is 90.4 Å². The van der Waals surface area contributed by atoms with Crippen molar-refractivity contribution >= 4 is 5.97 Å². The second-order valence-corrected chi connectivity index (χ2v) is 8.45. The topological polar surface area (TPSA) is 44.8 Å². The standard InChI is InChI=1S/C25H50O4/c1-4-5-6-7-8-9-10-11-12-13-14-15-16-17-21-29-25(26)19-18-20-27-22-23-28-24(2)3/h24H,4-23H2,1-3H3. The van der Waals surface area contributed by atoms with E-state index in [1.807, 2.05) is 13.8 Å². The minimum atomic E-state index is -0.0956. The van der Waals surface area contributed by atoms with Crippen LogP contribution in [0.15, 0.2) is 0 Å². The van der Waals surface area contributed by atoms with E-state index in [9.17, 15) is 4.79 Å². The minimum absolute atomic E-state index is 0.0956. The number of rotatable bonds is 23. The van der Waals surface area contributed by atoms with Crippen molar-refractivity contribution in [3.8, 4) is 0 Å². The highest BCUT2D eigenvalue weighted by Crippen LogP contribution is 2.13. The van der Waals surface area contributed by atoms with E-state index < -0.39 is 0 Å². The molecule has 0 aromatic rings. The van der Waals surface area contributed by atoms with Crippen molar-refractivity contribution in [3.63, 3.8) is 0 Å². The van der Waals surface area contributed by atoms with Crippen LogP contribution in [0, 0.1) is 0 Å². The van der Waals surface area contributed by atoms with Gasteiger partial charge in [-0.25, -0.2) is 0 Å². The smallest absolute Gasteiger partial charge is 0.305 e. The van der Waals surface area contributed by atoms with Crippen molar-refractivity contribution in [1.82, 2.24) is 0 Å². The number of unbranched alkanes of at least 4 members (excludes halogenated alkanes) is 13. The molecule has 0 heterocycles. The number of hydrogen-bond acceptors (Lipinski definition) is 4. The molecule has 0 aliphatic heterocycles. The third-order valence-electron chi connectivity index (χ3n) is 5.11. The Balaban J connectivity index is 3.14. The fraction of sp³-hybridized carbons (Fsp3) is 0.960. The predicted molar refractivity (Wildman–Crippen MR) is 122 cm³/mol. The Morgan fingerprint density at radius 3 is 1.66 bits per heavy atom. The minimum Gasteiger partial charge on any atom is -0.466 e. The molecule has 0 aliphatic rings. The van der Waals surface area contributed by atoms with E-state index in [1.165, 1.54) is 83.5 Å². The van der Waals surface area contributed by atoms with Crippen molar-refractivity contribution < 1.29 is 19.0 Å². The number of carbonyl (C=O) groups is 1. The Kier molecular flexibility index (Phi) is 23.2. The summed E-state index contributed by atoms with van der Waals surface area (Å²) in [5.41, 5.74) is 0. The van der Waals surface area contributed by atoms with E-state index in [0.29, 0.717) is 32.8 Å². The lowest BCUT2D eigenvalue weighted by Gasteiger charge is -2.08. The highest BCUT2D eigenvalue weighted by molar-refractivity contribution is 5.69. The normalized spacial score (nSPS) is 11.3. The second-order valence-electron chi connectivity index (χ2n) is 8.45. The molecular weight excluding hydrogens is 364 g/mol. The van der Waals surface area contributed by atoms with Crippen LogP contribution in [-0.4, -0.2) is 38.5 Å². The Bertz CT molecular complexity index is 331. The summed E-state index contributed by atoms with van der Waals surface area (Å²) in [6.07, 6.45) is 20.2. The number of esters is 1. The van der Waals surface area contributed by atoms with Gasteiger partial charge in [-0.05, 0) is 26.7 Å². The number of carbonyl (C=O) groups excluding carboxylic acids is 1. The lowest BCUT2D eigenvalue weighted by molar-refractivity contribution is -0.144. The van der Waals surface area contributed by atoms with Gasteiger partial charge in [0.2, 0.25) is 0 Å². The number of hydrogen-bond donors (Lipinski definition) is 0. The first kappa shape index (κ1) is 28.4. The summed E-state index contributed by atoms with van der Waals surface area (Å²) >= 11 is 0. The van der Waals surface area contributed by atoms with E-state index in [2.05, 4.69) is 6.92 Å². The van der Waals surface area contributed by atoms with Gasteiger partial charge >= 0.3 is 5.97 Å². The Morgan fingerprint density at radius 1 is 0.621 bits per heavy atom. The maximum Gasteiger partial charge on any atom is 0.305 e. The first-order valence-corrected chi connectivity index (χ1v) is 12.5. The molecule has 0 bridgehead atoms. The summed E-state index contributed by atoms with van der Waals surface area (Å²) in [6.45, 7) is 8.66. The van der Waals surface area contributed by atoms with Crippen LogP contribution in [-0.2, 0) is 19.0 Å². The summed E-state index contributed by atoms with van der Waals surface area (Å²) in [6, 6.07) is 0. The second kappa shape index (κ2) is 23.7. The van der Waals surface area contributed by atoms with E-state index in [4.69, 9.17) is 14.2 Å². The molecule has 0 aromatic heterocycles. The molecular formula is C25H50O4. The molecule has 0 aromatic carbocycles. The van der Waals surface area contributed by atoms with Gasteiger partial charge in [0, 0.05) is 13.0 Å². The number of ether oxygens (including phenoxy) is 3. The van der Waals surface area contributed by atoms with Gasteiger partial charge in [0.1, 0.15) is 0 Å². The zero-order chi connectivity index (χ0) is 21.4. The quantitative estimate of drug-likeness (QED) is 0.131. The molecule has 29 heavy (non-hydrogen) atoms. The maximum atomic E-state index is 11.7. The molecule has 0 unspecified atom stereocenters. The summed E-state index contributed by atoms with van der Waals surface area (Å²) in [4.78, 5) is 11.7. The first-order chi connectivity index (χ1) is 14.2. The molecule has 0 N–H and O–H groups in total. The van der Waals surface area contributed by atoms with Crippen molar-refractivity contribution in [1.29, 1.82) is 0 Å². The Labute approximate surface area is 181 Å². The summed E-state index contributed by atoms with van der Waals surface area (Å²) in [5.74, 6) is -0.0956. The van der Waals surface area contributed by atoms with E-state index in [-0.39, 0.29) is 12.1 Å². The fourth-order valence-corrected chi connectivity index (χ4v) is 3.32. The van der Waals surface area contributed by atoms with Crippen LogP contribution in [0.5, 0.6) is 0 Å². The summed E-state index contributed by atoms with van der Waals surface area (Å²) < 4.78 is 16.1. The lowest BCUT2D eigenvalue weighted by atomic mass is 10.0. The molecule has 0 saturated heterocycles. The highest BCUT2D eigenvalue weighted by atomic mass is 16.5. The average Bonchev–Trinajstić information content (AvgIpc) is 2.70. The van der Waals surface area contributed by atoms with Gasteiger partial charge in [0.25, 0.3) is 0 Å². The molecule has 0 amide bonds. The van der Waals surface area contributed by atoms with Gasteiger partial charge in [-0.2, -0.15) is 0 Å². The molecule has 0 aliphatic carbocycles. The van der Waals surface area contributed by atoms with Crippen molar-refractivity contribution in [2.45, 2.75) is 130 Å². The van der Waals surface area contributed by atoms with Gasteiger partial charge in [0.05, 0.1) is 25.9 Å². The zero-order valence-electron chi connectivity index (χ0n) is 19.9. The highest BCUT2D eigenvalue weighted by Gasteiger charge is 2.03. The zero-order valence-corrected chi connectivity index (χ0v) is 19.9. The Hall–Kier alpha value is -0.610. The van der Waals surface area contributed by atoms with Crippen LogP contribution in [0.1, 0.15) is 124 Å². The van der Waals surface area contributed by atoms with E-state index >= 15 is 0 Å². The van der Waals surface area contributed by atoms with Gasteiger partial charge in [-0.15, -0.1) is 0 Å². The summed E-state index contributed by atoms with van der Waals surface area (Å²) in [7, 11) is 0. The largest absolute Gasteiger partial charge is 0.466 e. The van der Waals surface area contributed by atoms with Gasteiger partial charge in [-0.3, -0.25) is 4.79 Å². The van der Waals surface area contributed by atoms with Crippen molar-refractivity contribution in [3.05, 3.63) is 0 Å². The predicted octanol–water partition coefficient (Wildman–Crippen LogP) is 7.23. The lowest BCUT2D eigenvalue weighted by Crippen LogP contribution is -2.11. The van der Waals surface area contributed by atoms with Crippen LogP contribution in [0.4, 0.5) is 0 Å². The van der Waals surface area contributed by atoms with Gasteiger partial charge < -0.3 is 14.2 Å². The molecule has 4 nitrogen and oxygen atoms in total. The maximum absolute atomic E-state index is 11.7. The molecule has 174 valence electrons. The molecule has 0 radical (unpaired) electrons. The van der Waals surface area contributed by atoms with Crippen LogP contribution >= 0.6 is 0 Å². The van der Waals surface area contributed by atoms with Crippen LogP contribution in [0.25, 0.3) is 0 Å². The molecule has 0 saturated carbocycles. The molecule has 0 atom stereocenters. The van der Waals surface area contributed by atoms with Crippen LogP contribution in [0.3, 0.4) is 0 Å². The third kappa shape index (κ3) is 25.4. The average molecular weight is 415 g/mol. The fourth-order valence-electron chi connectivity index (χ4n) is 3.32. The van der Waals surface area contributed by atoms with Crippen molar-refractivity contribution in [2.24, 2.45) is 0 Å². The van der Waals surface area contributed by atoms with Crippen molar-refractivity contribution in [2.75, 3.05) is 26.4 Å². The molecule has 4 heteroatoms. The van der Waals surface area contributed by atoms with E-state index in [0.717, 1.165) is 12.8 Å². The summed E-state index contributed by atoms with van der Waals surface area (Å²) in [5, 5.41) is 0. The SMILES string of the molecule is CCCCCCCCCCCCCCCCOC(=O)CCCOCCOC(C)C. The molecule has 0 rings (SSSR count). The van der Waals surface area contributed by atoms with E-state index in [1.54, 1.807) is 0 Å². The van der Waals surface area contributed by atoms with Crippen LogP contribution in [0.2, 0.25) is 0 Å². The first-order valence-electron chi connectivity index (χ1n) is 12.5. The Morgan fingerprint density at radius 2 is 1.14 bits per heavy atom.